The summed E-state index contributed by atoms with van der Waals surface area (Å²) in [6, 6.07) is 5.23. The summed E-state index contributed by atoms with van der Waals surface area (Å²) in [6.07, 6.45) is -3.79. The minimum absolute atomic E-state index is 0. The van der Waals surface area contributed by atoms with Crippen molar-refractivity contribution in [1.29, 1.82) is 0 Å². The zero-order valence-corrected chi connectivity index (χ0v) is 15.2. The second kappa shape index (κ2) is 10.5. The Morgan fingerprint density at radius 1 is 1.26 bits per heavy atom. The van der Waals surface area contributed by atoms with E-state index in [0.717, 1.165) is 6.42 Å². The van der Waals surface area contributed by atoms with Crippen LogP contribution in [0.3, 0.4) is 0 Å². The Balaban J connectivity index is 0.00000484. The first kappa shape index (κ1) is 21.8. The first-order valence-electron chi connectivity index (χ1n) is 6.80. The quantitative estimate of drug-likeness (QED) is 0.289. The summed E-state index contributed by atoms with van der Waals surface area (Å²) in [4.78, 5) is 4.09. The van der Waals surface area contributed by atoms with Gasteiger partial charge in [0.25, 0.3) is 0 Å². The second-order valence-electron chi connectivity index (χ2n) is 4.74. The summed E-state index contributed by atoms with van der Waals surface area (Å²) in [5.41, 5.74) is 6.20. The normalized spacial score (nSPS) is 12.0. The molecular formula is C14H21F3IN3O2. The zero-order chi connectivity index (χ0) is 16.6. The van der Waals surface area contributed by atoms with Gasteiger partial charge in [0.05, 0.1) is 6.10 Å². The molecule has 0 radical (unpaired) electrons. The van der Waals surface area contributed by atoms with Crippen molar-refractivity contribution in [3.63, 3.8) is 0 Å². The highest BCUT2D eigenvalue weighted by Crippen LogP contribution is 2.23. The number of nitrogens with one attached hydrogen (secondary N) is 1. The number of halogens is 4. The number of ether oxygens (including phenoxy) is 2. The molecule has 0 atom stereocenters. The van der Waals surface area contributed by atoms with Crippen LogP contribution in [0.25, 0.3) is 0 Å². The molecule has 3 N–H and O–H groups in total. The molecule has 0 aliphatic carbocycles. The van der Waals surface area contributed by atoms with Crippen LogP contribution in [0.15, 0.2) is 29.3 Å². The van der Waals surface area contributed by atoms with Gasteiger partial charge in [-0.2, -0.15) is 0 Å². The third-order valence-corrected chi connectivity index (χ3v) is 2.40. The predicted molar refractivity (Wildman–Crippen MR) is 94.4 cm³/mol. The first-order chi connectivity index (χ1) is 10.3. The van der Waals surface area contributed by atoms with Gasteiger partial charge < -0.3 is 20.5 Å². The number of nitrogens with zero attached hydrogens (tertiary/aromatic N) is 1. The Labute approximate surface area is 150 Å². The second-order valence-corrected chi connectivity index (χ2v) is 4.74. The number of guanidine groups is 1. The van der Waals surface area contributed by atoms with E-state index < -0.39 is 6.36 Å². The van der Waals surface area contributed by atoms with Crippen molar-refractivity contribution in [2.24, 2.45) is 10.7 Å². The number of rotatable bonds is 7. The van der Waals surface area contributed by atoms with Crippen LogP contribution in [0, 0.1) is 0 Å². The lowest BCUT2D eigenvalue weighted by Crippen LogP contribution is -2.23. The average molecular weight is 447 g/mol. The average Bonchev–Trinajstić information content (AvgIpc) is 2.38. The summed E-state index contributed by atoms with van der Waals surface area (Å²) in [6.45, 7) is 5.00. The van der Waals surface area contributed by atoms with Crippen LogP contribution >= 0.6 is 24.0 Å². The van der Waals surface area contributed by atoms with Crippen LogP contribution in [0.4, 0.5) is 18.9 Å². The molecule has 0 fully saturated rings. The van der Waals surface area contributed by atoms with Crippen molar-refractivity contribution in [2.45, 2.75) is 32.7 Å². The molecular weight excluding hydrogens is 426 g/mol. The van der Waals surface area contributed by atoms with E-state index in [1.54, 1.807) is 0 Å². The van der Waals surface area contributed by atoms with Gasteiger partial charge >= 0.3 is 6.36 Å². The third-order valence-electron chi connectivity index (χ3n) is 2.40. The minimum Gasteiger partial charge on any atom is -0.406 e. The molecule has 0 heterocycles. The first-order valence-corrected chi connectivity index (χ1v) is 6.80. The molecule has 1 rings (SSSR count). The lowest BCUT2D eigenvalue weighted by molar-refractivity contribution is -0.274. The van der Waals surface area contributed by atoms with Gasteiger partial charge in [-0.3, -0.25) is 4.99 Å². The molecule has 0 spiro atoms. The molecule has 0 amide bonds. The van der Waals surface area contributed by atoms with E-state index in [-0.39, 0.29) is 41.8 Å². The maximum Gasteiger partial charge on any atom is 0.573 e. The molecule has 0 aliphatic rings. The zero-order valence-electron chi connectivity index (χ0n) is 12.9. The highest BCUT2D eigenvalue weighted by Gasteiger charge is 2.30. The predicted octanol–water partition coefficient (Wildman–Crippen LogP) is 3.74. The number of nitrogens with two attached hydrogens (primary N) is 1. The summed E-state index contributed by atoms with van der Waals surface area (Å²) in [7, 11) is 0. The van der Waals surface area contributed by atoms with Gasteiger partial charge in [0.1, 0.15) is 5.75 Å². The number of alkyl halides is 3. The Kier molecular flexibility index (Phi) is 9.96. The van der Waals surface area contributed by atoms with E-state index >= 15 is 0 Å². The molecule has 0 bridgehead atoms. The van der Waals surface area contributed by atoms with Crippen molar-refractivity contribution in [1.82, 2.24) is 0 Å². The van der Waals surface area contributed by atoms with Crippen molar-refractivity contribution < 1.29 is 22.6 Å². The van der Waals surface area contributed by atoms with Gasteiger partial charge in [-0.15, -0.1) is 37.1 Å². The molecule has 0 saturated carbocycles. The van der Waals surface area contributed by atoms with E-state index in [0.29, 0.717) is 18.8 Å². The minimum atomic E-state index is -4.70. The number of aliphatic imine (C=N–C) groups is 1. The number of anilines is 1. The van der Waals surface area contributed by atoms with E-state index in [2.05, 4.69) is 15.0 Å². The highest BCUT2D eigenvalue weighted by molar-refractivity contribution is 14.0. The van der Waals surface area contributed by atoms with Gasteiger partial charge in [-0.05, 0) is 44.5 Å². The molecule has 1 aromatic rings. The number of hydrogen-bond donors (Lipinski definition) is 2. The molecule has 23 heavy (non-hydrogen) atoms. The summed E-state index contributed by atoms with van der Waals surface area (Å²) < 4.78 is 45.2. The molecule has 0 saturated heterocycles. The Bertz CT molecular complexity index is 479. The molecule has 9 heteroatoms. The van der Waals surface area contributed by atoms with Crippen LogP contribution in [0.5, 0.6) is 5.75 Å². The number of benzene rings is 1. The third kappa shape index (κ3) is 11.0. The fourth-order valence-corrected chi connectivity index (χ4v) is 1.51. The molecule has 132 valence electrons. The largest absolute Gasteiger partial charge is 0.573 e. The maximum absolute atomic E-state index is 12.0. The summed E-state index contributed by atoms with van der Waals surface area (Å²) in [5, 5.41) is 2.78. The summed E-state index contributed by atoms with van der Waals surface area (Å²) in [5.74, 6) is -0.103. The van der Waals surface area contributed by atoms with Crippen LogP contribution < -0.4 is 15.8 Å². The maximum atomic E-state index is 12.0. The lowest BCUT2D eigenvalue weighted by Gasteiger charge is -2.10. The molecule has 1 aromatic carbocycles. The van der Waals surface area contributed by atoms with E-state index in [9.17, 15) is 13.2 Å². The van der Waals surface area contributed by atoms with E-state index in [4.69, 9.17) is 10.5 Å². The van der Waals surface area contributed by atoms with Gasteiger partial charge in [0, 0.05) is 18.8 Å². The lowest BCUT2D eigenvalue weighted by atomic mass is 10.3. The van der Waals surface area contributed by atoms with E-state index in [1.807, 2.05) is 13.8 Å². The molecule has 5 nitrogen and oxygen atoms in total. The van der Waals surface area contributed by atoms with E-state index in [1.165, 1.54) is 24.3 Å². The monoisotopic (exact) mass is 447 g/mol. The van der Waals surface area contributed by atoms with Crippen LogP contribution in [-0.4, -0.2) is 31.6 Å². The molecule has 0 unspecified atom stereocenters. The molecule has 0 aromatic heterocycles. The van der Waals surface area contributed by atoms with Crippen LogP contribution in [-0.2, 0) is 4.74 Å². The standard InChI is InChI=1S/C14H20F3N3O2.HI/c1-10(2)21-9-3-8-19-13(18)20-11-4-6-12(7-5-11)22-14(15,16)17;/h4-7,10H,3,8-9H2,1-2H3,(H3,18,19,20);1H. The van der Waals surface area contributed by atoms with Crippen molar-refractivity contribution >= 4 is 35.6 Å². The summed E-state index contributed by atoms with van der Waals surface area (Å²) >= 11 is 0. The van der Waals surface area contributed by atoms with Gasteiger partial charge in [0.2, 0.25) is 0 Å². The van der Waals surface area contributed by atoms with Crippen molar-refractivity contribution in [2.75, 3.05) is 18.5 Å². The van der Waals surface area contributed by atoms with Crippen LogP contribution in [0.1, 0.15) is 20.3 Å². The van der Waals surface area contributed by atoms with Crippen LogP contribution in [0.2, 0.25) is 0 Å². The topological polar surface area (TPSA) is 68.9 Å². The fourth-order valence-electron chi connectivity index (χ4n) is 1.51. The Morgan fingerprint density at radius 3 is 2.39 bits per heavy atom. The van der Waals surface area contributed by atoms with Gasteiger partial charge in [-0.1, -0.05) is 0 Å². The van der Waals surface area contributed by atoms with Crippen molar-refractivity contribution in [3.8, 4) is 5.75 Å². The molecule has 0 aliphatic heterocycles. The van der Waals surface area contributed by atoms with Crippen molar-refractivity contribution in [3.05, 3.63) is 24.3 Å². The van der Waals surface area contributed by atoms with Gasteiger partial charge in [-0.25, -0.2) is 0 Å². The number of hydrogen-bond acceptors (Lipinski definition) is 3. The Morgan fingerprint density at radius 2 is 1.87 bits per heavy atom. The fraction of sp³-hybridized carbons (Fsp3) is 0.500. The SMILES string of the molecule is CC(C)OCCCN=C(N)Nc1ccc(OC(F)(F)F)cc1.I. The smallest absolute Gasteiger partial charge is 0.406 e. The Hall–Kier alpha value is -1.23. The van der Waals surface area contributed by atoms with Gasteiger partial charge in [0.15, 0.2) is 5.96 Å². The highest BCUT2D eigenvalue weighted by atomic mass is 127.